The fourth-order valence-electron chi connectivity index (χ4n) is 4.88. The van der Waals surface area contributed by atoms with E-state index in [9.17, 15) is 14.0 Å². The van der Waals surface area contributed by atoms with Gasteiger partial charge in [-0.25, -0.2) is 4.39 Å². The number of amides is 2. The monoisotopic (exact) mass is 405 g/mol. The van der Waals surface area contributed by atoms with Gasteiger partial charge in [-0.15, -0.1) is 0 Å². The number of hydrogen-bond acceptors (Lipinski definition) is 2. The Hall–Kier alpha value is -3.15. The molecule has 2 aromatic carbocycles. The molecule has 3 aromatic rings. The van der Waals surface area contributed by atoms with Crippen LogP contribution in [-0.2, 0) is 11.3 Å². The standard InChI is InChI=1S/C24H24FN3O2/c1-24(23(30)26-18-9-3-4-10-18)15-27-20-12-5-2-7-16(20)13-21(27)22(29)28(24)19-11-6-8-17(25)14-19/h2,5-8,11-14,18H,3-4,9-10,15H2,1H3,(H,26,30). The summed E-state index contributed by atoms with van der Waals surface area (Å²) in [6.07, 6.45) is 4.10. The minimum atomic E-state index is -1.18. The molecule has 0 spiro atoms. The topological polar surface area (TPSA) is 54.3 Å². The van der Waals surface area contributed by atoms with Crippen LogP contribution in [0.4, 0.5) is 10.1 Å². The zero-order valence-electron chi connectivity index (χ0n) is 16.9. The summed E-state index contributed by atoms with van der Waals surface area (Å²) in [5.74, 6) is -0.937. The lowest BCUT2D eigenvalue weighted by atomic mass is 9.93. The maximum Gasteiger partial charge on any atom is 0.275 e. The van der Waals surface area contributed by atoms with E-state index in [4.69, 9.17) is 0 Å². The molecule has 5 rings (SSSR count). The number of benzene rings is 2. The Morgan fingerprint density at radius 3 is 2.63 bits per heavy atom. The summed E-state index contributed by atoms with van der Waals surface area (Å²) in [5, 5.41) is 4.10. The van der Waals surface area contributed by atoms with Gasteiger partial charge in [0.15, 0.2) is 0 Å². The van der Waals surface area contributed by atoms with Crippen molar-refractivity contribution in [2.75, 3.05) is 4.90 Å². The summed E-state index contributed by atoms with van der Waals surface area (Å²) >= 11 is 0. The van der Waals surface area contributed by atoms with Crippen LogP contribution in [0.5, 0.6) is 0 Å². The Bertz CT molecular complexity index is 1150. The lowest BCUT2D eigenvalue weighted by molar-refractivity contribution is -0.127. The van der Waals surface area contributed by atoms with E-state index in [2.05, 4.69) is 5.32 Å². The quantitative estimate of drug-likeness (QED) is 0.708. The summed E-state index contributed by atoms with van der Waals surface area (Å²) in [6, 6.07) is 15.6. The van der Waals surface area contributed by atoms with Gasteiger partial charge in [-0.3, -0.25) is 14.5 Å². The third kappa shape index (κ3) is 2.90. The van der Waals surface area contributed by atoms with Crippen LogP contribution in [0, 0.1) is 5.82 Å². The van der Waals surface area contributed by atoms with E-state index in [1.807, 2.05) is 34.9 Å². The molecule has 2 heterocycles. The van der Waals surface area contributed by atoms with Crippen molar-refractivity contribution in [2.24, 2.45) is 0 Å². The predicted molar refractivity (Wildman–Crippen MR) is 114 cm³/mol. The molecular weight excluding hydrogens is 381 g/mol. The van der Waals surface area contributed by atoms with Gasteiger partial charge in [0.25, 0.3) is 5.91 Å². The first kappa shape index (κ1) is 18.9. The first-order chi connectivity index (χ1) is 14.5. The van der Waals surface area contributed by atoms with Crippen LogP contribution >= 0.6 is 0 Å². The van der Waals surface area contributed by atoms with Gasteiger partial charge >= 0.3 is 0 Å². The van der Waals surface area contributed by atoms with Crippen LogP contribution in [0.3, 0.4) is 0 Å². The molecule has 1 unspecified atom stereocenters. The Morgan fingerprint density at radius 2 is 1.87 bits per heavy atom. The molecule has 1 saturated carbocycles. The second kappa shape index (κ2) is 6.97. The molecule has 5 nitrogen and oxygen atoms in total. The maximum absolute atomic E-state index is 14.0. The average Bonchev–Trinajstić information content (AvgIpc) is 3.36. The molecule has 1 aliphatic carbocycles. The summed E-state index contributed by atoms with van der Waals surface area (Å²) < 4.78 is 16.0. The number of halogens is 1. The van der Waals surface area contributed by atoms with Crippen LogP contribution in [0.2, 0.25) is 0 Å². The second-order valence-electron chi connectivity index (χ2n) is 8.52. The fraction of sp³-hybridized carbons (Fsp3) is 0.333. The normalized spacial score (nSPS) is 21.8. The molecular formula is C24H24FN3O2. The number of nitrogens with zero attached hydrogens (tertiary/aromatic N) is 2. The van der Waals surface area contributed by atoms with E-state index in [-0.39, 0.29) is 17.9 Å². The number of carbonyl (C=O) groups excluding carboxylic acids is 2. The van der Waals surface area contributed by atoms with Gasteiger partial charge in [-0.1, -0.05) is 37.1 Å². The summed E-state index contributed by atoms with van der Waals surface area (Å²) in [4.78, 5) is 28.7. The van der Waals surface area contributed by atoms with Gasteiger partial charge in [0, 0.05) is 22.6 Å². The number of rotatable bonds is 3. The van der Waals surface area contributed by atoms with Gasteiger partial charge in [0.05, 0.1) is 6.54 Å². The van der Waals surface area contributed by atoms with E-state index in [1.165, 1.54) is 17.0 Å². The first-order valence-corrected chi connectivity index (χ1v) is 10.5. The summed E-state index contributed by atoms with van der Waals surface area (Å²) in [5.41, 5.74) is 0.634. The number of anilines is 1. The molecule has 30 heavy (non-hydrogen) atoms. The zero-order valence-corrected chi connectivity index (χ0v) is 16.9. The van der Waals surface area contributed by atoms with Gasteiger partial charge in [0.1, 0.15) is 17.1 Å². The minimum Gasteiger partial charge on any atom is -0.351 e. The number of para-hydroxylation sites is 1. The molecule has 1 aromatic heterocycles. The van der Waals surface area contributed by atoms with Crippen LogP contribution in [0.25, 0.3) is 10.9 Å². The number of carbonyl (C=O) groups is 2. The Balaban J connectivity index is 1.65. The highest BCUT2D eigenvalue weighted by atomic mass is 19.1. The molecule has 1 aliphatic heterocycles. The smallest absolute Gasteiger partial charge is 0.275 e. The first-order valence-electron chi connectivity index (χ1n) is 10.5. The molecule has 1 atom stereocenters. The number of fused-ring (bicyclic) bond motifs is 3. The van der Waals surface area contributed by atoms with E-state index in [1.54, 1.807) is 19.1 Å². The Labute approximate surface area is 174 Å². The number of hydrogen-bond donors (Lipinski definition) is 1. The van der Waals surface area contributed by atoms with Crippen molar-refractivity contribution in [3.05, 3.63) is 66.1 Å². The van der Waals surface area contributed by atoms with Crippen molar-refractivity contribution >= 4 is 28.4 Å². The van der Waals surface area contributed by atoms with Gasteiger partial charge in [-0.05, 0) is 50.1 Å². The molecule has 154 valence electrons. The van der Waals surface area contributed by atoms with Crippen LogP contribution in [0.15, 0.2) is 54.6 Å². The highest BCUT2D eigenvalue weighted by molar-refractivity contribution is 6.14. The Kier molecular flexibility index (Phi) is 4.38. The molecule has 0 radical (unpaired) electrons. The molecule has 6 heteroatoms. The lowest BCUT2D eigenvalue weighted by Crippen LogP contribution is -2.65. The molecule has 0 saturated heterocycles. The van der Waals surface area contributed by atoms with Crippen molar-refractivity contribution in [2.45, 2.75) is 50.7 Å². The maximum atomic E-state index is 14.0. The number of nitrogens with one attached hydrogen (secondary N) is 1. The van der Waals surface area contributed by atoms with Crippen LogP contribution < -0.4 is 10.2 Å². The summed E-state index contributed by atoms with van der Waals surface area (Å²) in [7, 11) is 0. The SMILES string of the molecule is CC1(C(=O)NC2CCCC2)Cn2c(cc3ccccc32)C(=O)N1c1cccc(F)c1. The highest BCUT2D eigenvalue weighted by Gasteiger charge is 2.49. The average molecular weight is 405 g/mol. The largest absolute Gasteiger partial charge is 0.351 e. The molecule has 1 N–H and O–H groups in total. The van der Waals surface area contributed by atoms with Crippen molar-refractivity contribution in [1.29, 1.82) is 0 Å². The second-order valence-corrected chi connectivity index (χ2v) is 8.52. The van der Waals surface area contributed by atoms with Crippen LogP contribution in [0.1, 0.15) is 43.1 Å². The van der Waals surface area contributed by atoms with Gasteiger partial charge in [-0.2, -0.15) is 0 Å². The highest BCUT2D eigenvalue weighted by Crippen LogP contribution is 2.36. The minimum absolute atomic E-state index is 0.126. The molecule has 1 fully saturated rings. The number of aromatic nitrogens is 1. The van der Waals surface area contributed by atoms with Crippen molar-refractivity contribution in [3.63, 3.8) is 0 Å². The Morgan fingerprint density at radius 1 is 1.10 bits per heavy atom. The fourth-order valence-corrected chi connectivity index (χ4v) is 4.88. The zero-order chi connectivity index (χ0) is 20.9. The molecule has 2 amide bonds. The summed E-state index contributed by atoms with van der Waals surface area (Å²) in [6.45, 7) is 2.08. The van der Waals surface area contributed by atoms with Crippen LogP contribution in [-0.4, -0.2) is 28.0 Å². The molecule has 0 bridgehead atoms. The predicted octanol–water partition coefficient (Wildman–Crippen LogP) is 4.26. The third-order valence-corrected chi connectivity index (χ3v) is 6.44. The van der Waals surface area contributed by atoms with E-state index in [0.717, 1.165) is 36.6 Å². The van der Waals surface area contributed by atoms with E-state index >= 15 is 0 Å². The van der Waals surface area contributed by atoms with Crippen molar-refractivity contribution < 1.29 is 14.0 Å². The van der Waals surface area contributed by atoms with Crippen molar-refractivity contribution in [3.8, 4) is 0 Å². The van der Waals surface area contributed by atoms with E-state index in [0.29, 0.717) is 17.9 Å². The van der Waals surface area contributed by atoms with E-state index < -0.39 is 11.4 Å². The van der Waals surface area contributed by atoms with Gasteiger partial charge < -0.3 is 9.88 Å². The van der Waals surface area contributed by atoms with Crippen molar-refractivity contribution in [1.82, 2.24) is 9.88 Å². The third-order valence-electron chi connectivity index (χ3n) is 6.44. The van der Waals surface area contributed by atoms with Gasteiger partial charge in [0.2, 0.25) is 5.91 Å². The lowest BCUT2D eigenvalue weighted by Gasteiger charge is -2.44. The molecule has 2 aliphatic rings.